The van der Waals surface area contributed by atoms with Crippen molar-refractivity contribution >= 4 is 64.6 Å². The van der Waals surface area contributed by atoms with E-state index in [1.807, 2.05) is 70.2 Å². The van der Waals surface area contributed by atoms with Crippen LogP contribution < -0.4 is 0 Å². The summed E-state index contributed by atoms with van der Waals surface area (Å²) in [7, 11) is 0. The van der Waals surface area contributed by atoms with E-state index in [0.717, 1.165) is 48.5 Å². The van der Waals surface area contributed by atoms with E-state index in [1.54, 1.807) is 24.3 Å². The standard InChI is InChI=1S/C26H16O2.C13H14O.2C2H6/c27-15-9-11-21-23(13-15)17-5-1-3-7-19(17)25-22-12-10-16(28)14-24(22)18-6-2-4-8-20(18)26(21)25;1-9(2)10-3-4-12-8-13(14)6-5-11(12)7-10;2*1-2/h1-14,27-28H;3-9,14H,1-2H3;2*1-2H3. The summed E-state index contributed by atoms with van der Waals surface area (Å²) in [6.45, 7) is 12.4. The lowest BCUT2D eigenvalue weighted by atomic mass is 9.87. The number of hydrogen-bond donors (Lipinski definition) is 3. The second-order valence-electron chi connectivity index (χ2n) is 11.2. The molecular weight excluding hydrogens is 564 g/mol. The molecule has 3 heteroatoms. The zero-order valence-corrected chi connectivity index (χ0v) is 27.5. The minimum Gasteiger partial charge on any atom is -0.508 e. The zero-order chi connectivity index (χ0) is 33.0. The van der Waals surface area contributed by atoms with Crippen LogP contribution in [0.4, 0.5) is 0 Å². The topological polar surface area (TPSA) is 60.7 Å². The van der Waals surface area contributed by atoms with Crippen LogP contribution in [-0.4, -0.2) is 15.3 Å². The quantitative estimate of drug-likeness (QED) is 0.163. The number of benzene rings is 8. The fraction of sp³-hybridized carbons (Fsp3) is 0.163. The molecule has 0 heterocycles. The molecule has 0 unspecified atom stereocenters. The van der Waals surface area contributed by atoms with Crippen molar-refractivity contribution in [3.05, 3.63) is 127 Å². The summed E-state index contributed by atoms with van der Waals surface area (Å²) in [5, 5.41) is 43.1. The molecule has 0 amide bonds. The first kappa shape index (κ1) is 32.1. The lowest BCUT2D eigenvalue weighted by Gasteiger charge is -2.16. The van der Waals surface area contributed by atoms with Crippen molar-refractivity contribution in [3.8, 4) is 17.2 Å². The molecule has 46 heavy (non-hydrogen) atoms. The second-order valence-corrected chi connectivity index (χ2v) is 11.2. The minimum absolute atomic E-state index is 0.270. The maximum absolute atomic E-state index is 10.1. The molecule has 0 saturated heterocycles. The summed E-state index contributed by atoms with van der Waals surface area (Å²) < 4.78 is 0. The average molecular weight is 607 g/mol. The van der Waals surface area contributed by atoms with Crippen molar-refractivity contribution in [2.45, 2.75) is 47.5 Å². The predicted molar refractivity (Wildman–Crippen MR) is 200 cm³/mol. The molecule has 0 atom stereocenters. The summed E-state index contributed by atoms with van der Waals surface area (Å²) >= 11 is 0. The molecule has 0 spiro atoms. The molecule has 3 N–H and O–H groups in total. The number of hydrogen-bond acceptors (Lipinski definition) is 3. The van der Waals surface area contributed by atoms with Crippen LogP contribution in [0.15, 0.2) is 121 Å². The van der Waals surface area contributed by atoms with Crippen LogP contribution in [0.2, 0.25) is 0 Å². The molecule has 8 rings (SSSR count). The molecule has 3 nitrogen and oxygen atoms in total. The summed E-state index contributed by atoms with van der Waals surface area (Å²) in [5.74, 6) is 1.42. The summed E-state index contributed by atoms with van der Waals surface area (Å²) in [6.07, 6.45) is 0. The van der Waals surface area contributed by atoms with Crippen LogP contribution in [0.25, 0.3) is 64.6 Å². The van der Waals surface area contributed by atoms with Gasteiger partial charge in [-0.15, -0.1) is 0 Å². The van der Waals surface area contributed by atoms with E-state index in [-0.39, 0.29) is 11.5 Å². The van der Waals surface area contributed by atoms with Crippen molar-refractivity contribution < 1.29 is 15.3 Å². The maximum Gasteiger partial charge on any atom is 0.116 e. The molecule has 232 valence electrons. The Bertz CT molecular complexity index is 2190. The second kappa shape index (κ2) is 13.8. The van der Waals surface area contributed by atoms with Gasteiger partial charge in [-0.2, -0.15) is 0 Å². The average Bonchev–Trinajstić information content (AvgIpc) is 3.09. The Morgan fingerprint density at radius 3 is 1.22 bits per heavy atom. The van der Waals surface area contributed by atoms with Gasteiger partial charge >= 0.3 is 0 Å². The maximum atomic E-state index is 10.1. The van der Waals surface area contributed by atoms with Gasteiger partial charge in [0.05, 0.1) is 0 Å². The molecule has 8 aromatic carbocycles. The molecule has 0 radical (unpaired) electrons. The summed E-state index contributed by atoms with van der Waals surface area (Å²) in [5.41, 5.74) is 1.34. The molecule has 0 aliphatic heterocycles. The van der Waals surface area contributed by atoms with E-state index >= 15 is 0 Å². The zero-order valence-electron chi connectivity index (χ0n) is 27.5. The summed E-state index contributed by atoms with van der Waals surface area (Å²) in [6, 6.07) is 39.8. The Balaban J connectivity index is 0.000000196. The number of aromatic hydroxyl groups is 3. The van der Waals surface area contributed by atoms with Gasteiger partial charge in [0.15, 0.2) is 0 Å². The van der Waals surface area contributed by atoms with Gasteiger partial charge in [-0.3, -0.25) is 0 Å². The highest BCUT2D eigenvalue weighted by Gasteiger charge is 2.16. The van der Waals surface area contributed by atoms with Crippen molar-refractivity contribution in [1.29, 1.82) is 0 Å². The first-order chi connectivity index (χ1) is 22.4. The monoisotopic (exact) mass is 606 g/mol. The fourth-order valence-corrected chi connectivity index (χ4v) is 6.26. The molecule has 0 fully saturated rings. The van der Waals surface area contributed by atoms with E-state index in [4.69, 9.17) is 0 Å². The Kier molecular flexibility index (Phi) is 9.63. The fourth-order valence-electron chi connectivity index (χ4n) is 6.26. The van der Waals surface area contributed by atoms with Crippen LogP contribution in [-0.2, 0) is 0 Å². The van der Waals surface area contributed by atoms with Gasteiger partial charge in [0.1, 0.15) is 17.2 Å². The number of phenolic OH excluding ortho intramolecular Hbond substituents is 3. The van der Waals surface area contributed by atoms with Crippen molar-refractivity contribution in [3.63, 3.8) is 0 Å². The van der Waals surface area contributed by atoms with Crippen molar-refractivity contribution in [1.82, 2.24) is 0 Å². The third kappa shape index (κ3) is 5.89. The van der Waals surface area contributed by atoms with Gasteiger partial charge in [-0.05, 0) is 113 Å². The molecule has 0 aromatic heterocycles. The Labute approximate surface area is 271 Å². The molecule has 0 saturated carbocycles. The molecule has 0 aliphatic carbocycles. The van der Waals surface area contributed by atoms with Gasteiger partial charge in [0.25, 0.3) is 0 Å². The Morgan fingerprint density at radius 1 is 0.370 bits per heavy atom. The minimum atomic E-state index is 0.270. The van der Waals surface area contributed by atoms with Crippen LogP contribution in [0.1, 0.15) is 53.0 Å². The number of rotatable bonds is 1. The molecule has 8 aromatic rings. The number of phenols is 3. The first-order valence-electron chi connectivity index (χ1n) is 16.2. The van der Waals surface area contributed by atoms with E-state index in [1.165, 1.54) is 21.7 Å². The van der Waals surface area contributed by atoms with Crippen molar-refractivity contribution in [2.24, 2.45) is 0 Å². The third-order valence-corrected chi connectivity index (χ3v) is 8.28. The highest BCUT2D eigenvalue weighted by Crippen LogP contribution is 2.44. The van der Waals surface area contributed by atoms with Gasteiger partial charge in [-0.25, -0.2) is 0 Å². The molecule has 0 aliphatic rings. The van der Waals surface area contributed by atoms with Crippen LogP contribution in [0.3, 0.4) is 0 Å². The lowest BCUT2D eigenvalue weighted by molar-refractivity contribution is 0.475. The highest BCUT2D eigenvalue weighted by atomic mass is 16.3. The largest absolute Gasteiger partial charge is 0.508 e. The van der Waals surface area contributed by atoms with E-state index in [2.05, 4.69) is 68.4 Å². The van der Waals surface area contributed by atoms with Crippen LogP contribution >= 0.6 is 0 Å². The summed E-state index contributed by atoms with van der Waals surface area (Å²) in [4.78, 5) is 0. The molecule has 0 bridgehead atoms. The van der Waals surface area contributed by atoms with Crippen LogP contribution in [0, 0.1) is 0 Å². The third-order valence-electron chi connectivity index (χ3n) is 8.28. The Hall–Kier alpha value is -5.28. The van der Waals surface area contributed by atoms with E-state index in [0.29, 0.717) is 11.7 Å². The van der Waals surface area contributed by atoms with E-state index < -0.39 is 0 Å². The van der Waals surface area contributed by atoms with Gasteiger partial charge in [0.2, 0.25) is 0 Å². The van der Waals surface area contributed by atoms with Crippen LogP contribution in [0.5, 0.6) is 17.2 Å². The first-order valence-corrected chi connectivity index (χ1v) is 16.2. The van der Waals surface area contributed by atoms with E-state index in [9.17, 15) is 15.3 Å². The molecular formula is C43H42O3. The smallest absolute Gasteiger partial charge is 0.116 e. The SMILES string of the molecule is CC.CC.CC(C)c1ccc2cc(O)ccc2c1.Oc1ccc2c(c1)c1ccccc1c1c3ccc(O)cc3c3ccccc3c21. The predicted octanol–water partition coefficient (Wildman–Crippen LogP) is 12.6. The number of fused-ring (bicyclic) bond motifs is 12. The van der Waals surface area contributed by atoms with Gasteiger partial charge in [-0.1, -0.05) is 126 Å². The highest BCUT2D eigenvalue weighted by molar-refractivity contribution is 6.39. The van der Waals surface area contributed by atoms with Crippen molar-refractivity contribution in [2.75, 3.05) is 0 Å². The lowest BCUT2D eigenvalue weighted by Crippen LogP contribution is -1.88. The normalized spacial score (nSPS) is 10.8. The van der Waals surface area contributed by atoms with Gasteiger partial charge < -0.3 is 15.3 Å². The Morgan fingerprint density at radius 2 is 0.739 bits per heavy atom. The van der Waals surface area contributed by atoms with Gasteiger partial charge in [0, 0.05) is 0 Å².